The third-order valence-corrected chi connectivity index (χ3v) is 3.62. The van der Waals surface area contributed by atoms with Crippen LogP contribution >= 0.6 is 0 Å². The number of nitro groups is 1. The van der Waals surface area contributed by atoms with E-state index < -0.39 is 20.9 Å². The average molecular weight is 288 g/mol. The third-order valence-electron chi connectivity index (χ3n) is 2.43. The first-order valence-electron chi connectivity index (χ1n) is 4.99. The first kappa shape index (κ1) is 14.9. The maximum atomic E-state index is 11.6. The van der Waals surface area contributed by atoms with Gasteiger partial charge in [-0.1, -0.05) is 0 Å². The minimum absolute atomic E-state index is 0.0138. The molecule has 1 aromatic carbocycles. The van der Waals surface area contributed by atoms with Gasteiger partial charge >= 0.3 is 5.97 Å². The van der Waals surface area contributed by atoms with Crippen molar-refractivity contribution in [1.82, 2.24) is 0 Å². The molecule has 19 heavy (non-hydrogen) atoms. The van der Waals surface area contributed by atoms with Crippen molar-refractivity contribution in [2.45, 2.75) is 0 Å². The summed E-state index contributed by atoms with van der Waals surface area (Å²) in [4.78, 5) is 21.6. The third kappa shape index (κ3) is 3.19. The number of esters is 1. The minimum Gasteiger partial charge on any atom is -0.465 e. The van der Waals surface area contributed by atoms with Gasteiger partial charge in [-0.25, -0.2) is 13.2 Å². The molecule has 0 aliphatic rings. The molecule has 0 atom stereocenters. The lowest BCUT2D eigenvalue weighted by atomic mass is 10.1. The van der Waals surface area contributed by atoms with Gasteiger partial charge in [0, 0.05) is 19.2 Å². The van der Waals surface area contributed by atoms with E-state index in [0.717, 1.165) is 29.8 Å². The van der Waals surface area contributed by atoms with Crippen LogP contribution in [0.4, 0.5) is 11.4 Å². The van der Waals surface area contributed by atoms with Gasteiger partial charge in [0.2, 0.25) is 10.0 Å². The number of methoxy groups -OCH3 is 1. The number of rotatable bonds is 4. The standard InChI is InChI=1S/C10H12N2O6S/c1-11(19(3,16)17)9-5-4-7(12(14)15)6-8(9)10(13)18-2/h4-6H,1-3H3. The zero-order chi connectivity index (χ0) is 14.8. The molecular weight excluding hydrogens is 276 g/mol. The van der Waals surface area contributed by atoms with Crippen molar-refractivity contribution in [2.24, 2.45) is 0 Å². The molecule has 0 amide bonds. The molecule has 0 saturated carbocycles. The number of anilines is 1. The second-order valence-corrected chi connectivity index (χ2v) is 5.69. The lowest BCUT2D eigenvalue weighted by molar-refractivity contribution is -0.384. The summed E-state index contributed by atoms with van der Waals surface area (Å²) < 4.78 is 28.2. The van der Waals surface area contributed by atoms with E-state index in [2.05, 4.69) is 4.74 Å². The molecule has 0 saturated heterocycles. The Balaban J connectivity index is 3.48. The highest BCUT2D eigenvalue weighted by atomic mass is 32.2. The summed E-state index contributed by atoms with van der Waals surface area (Å²) in [6.45, 7) is 0. The fourth-order valence-electron chi connectivity index (χ4n) is 1.36. The number of ether oxygens (including phenoxy) is 1. The van der Waals surface area contributed by atoms with E-state index in [1.807, 2.05) is 0 Å². The number of carbonyl (C=O) groups is 1. The van der Waals surface area contributed by atoms with Gasteiger partial charge in [-0.15, -0.1) is 0 Å². The highest BCUT2D eigenvalue weighted by Crippen LogP contribution is 2.26. The van der Waals surface area contributed by atoms with E-state index in [1.54, 1.807) is 0 Å². The topological polar surface area (TPSA) is 107 Å². The molecule has 0 N–H and O–H groups in total. The molecule has 104 valence electrons. The van der Waals surface area contributed by atoms with E-state index in [9.17, 15) is 23.3 Å². The van der Waals surface area contributed by atoms with E-state index >= 15 is 0 Å². The Labute approximate surface area is 109 Å². The molecular formula is C10H12N2O6S. The van der Waals surface area contributed by atoms with E-state index in [1.165, 1.54) is 13.1 Å². The van der Waals surface area contributed by atoms with E-state index in [0.29, 0.717) is 0 Å². The molecule has 0 spiro atoms. The SMILES string of the molecule is COC(=O)c1cc([N+](=O)[O-])ccc1N(C)S(C)(=O)=O. The maximum absolute atomic E-state index is 11.6. The quantitative estimate of drug-likeness (QED) is 0.460. The number of hydrogen-bond donors (Lipinski definition) is 0. The van der Waals surface area contributed by atoms with Gasteiger partial charge in [0.1, 0.15) is 0 Å². The Bertz CT molecular complexity index is 625. The number of sulfonamides is 1. The summed E-state index contributed by atoms with van der Waals surface area (Å²) in [6.07, 6.45) is 0.954. The summed E-state index contributed by atoms with van der Waals surface area (Å²) in [5.41, 5.74) is -0.504. The Kier molecular flexibility index (Phi) is 4.10. The summed E-state index contributed by atoms with van der Waals surface area (Å²) in [5.74, 6) is -0.853. The van der Waals surface area contributed by atoms with E-state index in [4.69, 9.17) is 0 Å². The Morgan fingerprint density at radius 1 is 1.42 bits per heavy atom. The molecule has 0 unspecified atom stereocenters. The van der Waals surface area contributed by atoms with Crippen molar-refractivity contribution >= 4 is 27.4 Å². The van der Waals surface area contributed by atoms with Gasteiger partial charge in [0.05, 0.1) is 29.5 Å². The predicted octanol–water partition coefficient (Wildman–Crippen LogP) is 0.777. The van der Waals surface area contributed by atoms with Crippen LogP contribution in [0.15, 0.2) is 18.2 Å². The van der Waals surface area contributed by atoms with Crippen molar-refractivity contribution < 1.29 is 22.9 Å². The largest absolute Gasteiger partial charge is 0.465 e. The van der Waals surface area contributed by atoms with Gasteiger partial charge in [-0.2, -0.15) is 0 Å². The molecule has 1 rings (SSSR count). The number of hydrogen-bond acceptors (Lipinski definition) is 6. The Morgan fingerprint density at radius 3 is 2.42 bits per heavy atom. The second-order valence-electron chi connectivity index (χ2n) is 3.68. The molecule has 0 heterocycles. The van der Waals surface area contributed by atoms with Crippen LogP contribution in [0.25, 0.3) is 0 Å². The number of nitrogens with zero attached hydrogens (tertiary/aromatic N) is 2. The molecule has 0 fully saturated rings. The number of non-ortho nitro benzene ring substituents is 1. The van der Waals surface area contributed by atoms with Crippen molar-refractivity contribution in [3.63, 3.8) is 0 Å². The Hall–Kier alpha value is -2.16. The van der Waals surface area contributed by atoms with Crippen LogP contribution < -0.4 is 4.31 Å². The number of nitro benzene ring substituents is 1. The van der Waals surface area contributed by atoms with Crippen molar-refractivity contribution in [3.05, 3.63) is 33.9 Å². The normalized spacial score (nSPS) is 10.9. The summed E-state index contributed by atoms with van der Waals surface area (Å²) in [5, 5.41) is 10.7. The fourth-order valence-corrected chi connectivity index (χ4v) is 1.88. The minimum atomic E-state index is -3.60. The molecule has 0 aromatic heterocycles. The van der Waals surface area contributed by atoms with Gasteiger partial charge in [-0.05, 0) is 6.07 Å². The van der Waals surface area contributed by atoms with E-state index in [-0.39, 0.29) is 16.9 Å². The molecule has 9 heteroatoms. The van der Waals surface area contributed by atoms with Crippen LogP contribution in [0.1, 0.15) is 10.4 Å². The summed E-state index contributed by atoms with van der Waals surface area (Å²) >= 11 is 0. The van der Waals surface area contributed by atoms with Crippen LogP contribution in [0.5, 0.6) is 0 Å². The van der Waals surface area contributed by atoms with Crippen LogP contribution in [-0.4, -0.2) is 39.7 Å². The molecule has 8 nitrogen and oxygen atoms in total. The summed E-state index contributed by atoms with van der Waals surface area (Å²) in [6, 6.07) is 3.28. The zero-order valence-corrected chi connectivity index (χ0v) is 11.3. The Morgan fingerprint density at radius 2 is 2.00 bits per heavy atom. The first-order chi connectivity index (χ1) is 8.68. The van der Waals surface area contributed by atoms with Crippen LogP contribution in [0.3, 0.4) is 0 Å². The smallest absolute Gasteiger partial charge is 0.340 e. The lowest BCUT2D eigenvalue weighted by Gasteiger charge is -2.18. The zero-order valence-electron chi connectivity index (χ0n) is 10.5. The summed E-state index contributed by atoms with van der Waals surface area (Å²) in [7, 11) is -1.26. The maximum Gasteiger partial charge on any atom is 0.340 e. The highest BCUT2D eigenvalue weighted by molar-refractivity contribution is 7.92. The number of carbonyl (C=O) groups excluding carboxylic acids is 1. The molecule has 0 aliphatic carbocycles. The van der Waals surface area contributed by atoms with Crippen LogP contribution in [-0.2, 0) is 14.8 Å². The molecule has 0 radical (unpaired) electrons. The van der Waals surface area contributed by atoms with Crippen LogP contribution in [0, 0.1) is 10.1 Å². The van der Waals surface area contributed by atoms with Gasteiger partial charge in [-0.3, -0.25) is 14.4 Å². The molecule has 0 aliphatic heterocycles. The predicted molar refractivity (Wildman–Crippen MR) is 67.7 cm³/mol. The number of benzene rings is 1. The first-order valence-corrected chi connectivity index (χ1v) is 6.84. The fraction of sp³-hybridized carbons (Fsp3) is 0.300. The molecule has 1 aromatic rings. The highest BCUT2D eigenvalue weighted by Gasteiger charge is 2.23. The van der Waals surface area contributed by atoms with Crippen molar-refractivity contribution in [2.75, 3.05) is 24.7 Å². The lowest BCUT2D eigenvalue weighted by Crippen LogP contribution is -2.26. The average Bonchev–Trinajstić information content (AvgIpc) is 2.35. The van der Waals surface area contributed by atoms with Crippen LogP contribution in [0.2, 0.25) is 0 Å². The van der Waals surface area contributed by atoms with Crippen molar-refractivity contribution in [3.8, 4) is 0 Å². The van der Waals surface area contributed by atoms with Gasteiger partial charge in [0.25, 0.3) is 5.69 Å². The second kappa shape index (κ2) is 5.22. The van der Waals surface area contributed by atoms with Gasteiger partial charge in [0.15, 0.2) is 0 Å². The van der Waals surface area contributed by atoms with Gasteiger partial charge < -0.3 is 4.74 Å². The van der Waals surface area contributed by atoms with Crippen molar-refractivity contribution in [1.29, 1.82) is 0 Å². The molecule has 0 bridgehead atoms. The monoisotopic (exact) mass is 288 g/mol.